The van der Waals surface area contributed by atoms with Crippen LogP contribution in [0, 0.1) is 0 Å². The Balaban J connectivity index is 2.12. The van der Waals surface area contributed by atoms with Gasteiger partial charge in [0.15, 0.2) is 0 Å². The van der Waals surface area contributed by atoms with E-state index in [4.69, 9.17) is 16.3 Å². The lowest BCUT2D eigenvalue weighted by Crippen LogP contribution is -2.34. The molecule has 4 nitrogen and oxygen atoms in total. The van der Waals surface area contributed by atoms with Crippen molar-refractivity contribution in [1.82, 2.24) is 9.47 Å². The van der Waals surface area contributed by atoms with Crippen LogP contribution >= 0.6 is 11.6 Å². The molecule has 2 rings (SSSR count). The van der Waals surface area contributed by atoms with Crippen molar-refractivity contribution in [1.29, 1.82) is 0 Å². The molecular formula is C18H21ClN2O2. The second-order valence-corrected chi connectivity index (χ2v) is 5.69. The molecule has 0 saturated heterocycles. The first kappa shape index (κ1) is 17.3. The molecule has 1 amide bonds. The number of ether oxygens (including phenoxy) is 1. The lowest BCUT2D eigenvalue weighted by molar-refractivity contribution is -0.135. The van der Waals surface area contributed by atoms with Crippen LogP contribution < -0.4 is 0 Å². The lowest BCUT2D eigenvalue weighted by atomic mass is 10.2. The molecule has 2 aromatic rings. The van der Waals surface area contributed by atoms with Crippen molar-refractivity contribution in [3.8, 4) is 0 Å². The molecule has 0 N–H and O–H groups in total. The summed E-state index contributed by atoms with van der Waals surface area (Å²) in [5, 5.41) is 0.722. The van der Waals surface area contributed by atoms with Gasteiger partial charge in [0.05, 0.1) is 6.54 Å². The van der Waals surface area contributed by atoms with E-state index in [1.54, 1.807) is 11.0 Å². The van der Waals surface area contributed by atoms with Crippen LogP contribution in [0.15, 0.2) is 55.3 Å². The number of nitrogens with zero attached hydrogens (tertiary/aromatic N) is 2. The summed E-state index contributed by atoms with van der Waals surface area (Å²) in [5.41, 5.74) is 2.17. The molecule has 0 radical (unpaired) electrons. The van der Waals surface area contributed by atoms with Gasteiger partial charge in [0, 0.05) is 37.1 Å². The minimum absolute atomic E-state index is 0.0529. The van der Waals surface area contributed by atoms with Crippen LogP contribution in [0.5, 0.6) is 0 Å². The third kappa shape index (κ3) is 4.98. The highest BCUT2D eigenvalue weighted by atomic mass is 35.5. The Kier molecular flexibility index (Phi) is 6.44. The van der Waals surface area contributed by atoms with E-state index in [1.807, 2.05) is 42.6 Å². The largest absolute Gasteiger partial charge is 0.375 e. The summed E-state index contributed by atoms with van der Waals surface area (Å²) in [4.78, 5) is 13.8. The minimum atomic E-state index is -0.0529. The van der Waals surface area contributed by atoms with E-state index >= 15 is 0 Å². The molecule has 0 unspecified atom stereocenters. The lowest BCUT2D eigenvalue weighted by Gasteiger charge is -2.22. The molecule has 122 valence electrons. The zero-order valence-corrected chi connectivity index (χ0v) is 14.0. The van der Waals surface area contributed by atoms with Gasteiger partial charge in [-0.2, -0.15) is 0 Å². The standard InChI is InChI=1S/C18H21ClN2O2/c1-3-9-21(18(22)14-23-2)13-17-8-5-10-20(17)12-15-6-4-7-16(19)11-15/h3-8,10-11H,1,9,12-14H2,2H3. The number of carbonyl (C=O) groups excluding carboxylic acids is 1. The van der Waals surface area contributed by atoms with Gasteiger partial charge in [-0.15, -0.1) is 6.58 Å². The number of halogens is 1. The van der Waals surface area contributed by atoms with Crippen molar-refractivity contribution in [2.75, 3.05) is 20.3 Å². The highest BCUT2D eigenvalue weighted by Gasteiger charge is 2.14. The molecule has 0 saturated carbocycles. The third-order valence-electron chi connectivity index (χ3n) is 3.49. The second-order valence-electron chi connectivity index (χ2n) is 5.25. The summed E-state index contributed by atoms with van der Waals surface area (Å²) in [5.74, 6) is -0.0529. The predicted octanol–water partition coefficient (Wildman–Crippen LogP) is 3.35. The smallest absolute Gasteiger partial charge is 0.249 e. The number of benzene rings is 1. The summed E-state index contributed by atoms with van der Waals surface area (Å²) < 4.78 is 7.06. The molecule has 0 atom stereocenters. The quantitative estimate of drug-likeness (QED) is 0.695. The van der Waals surface area contributed by atoms with Gasteiger partial charge in [-0.05, 0) is 29.8 Å². The van der Waals surface area contributed by atoms with Crippen LogP contribution in [0.3, 0.4) is 0 Å². The zero-order valence-electron chi connectivity index (χ0n) is 13.2. The average molecular weight is 333 g/mol. The van der Waals surface area contributed by atoms with Gasteiger partial charge in [0.2, 0.25) is 5.91 Å². The third-order valence-corrected chi connectivity index (χ3v) is 3.72. The second kappa shape index (κ2) is 8.56. The van der Waals surface area contributed by atoms with Gasteiger partial charge in [-0.3, -0.25) is 4.79 Å². The van der Waals surface area contributed by atoms with Crippen molar-refractivity contribution < 1.29 is 9.53 Å². The van der Waals surface area contributed by atoms with E-state index in [-0.39, 0.29) is 12.5 Å². The number of amides is 1. The average Bonchev–Trinajstić information content (AvgIpc) is 2.94. The topological polar surface area (TPSA) is 34.5 Å². The van der Waals surface area contributed by atoms with Crippen molar-refractivity contribution >= 4 is 17.5 Å². The van der Waals surface area contributed by atoms with Crippen LogP contribution in [-0.2, 0) is 22.6 Å². The fourth-order valence-electron chi connectivity index (χ4n) is 2.40. The van der Waals surface area contributed by atoms with E-state index in [2.05, 4.69) is 11.1 Å². The Bertz CT molecular complexity index is 667. The van der Waals surface area contributed by atoms with Gasteiger partial charge in [0.1, 0.15) is 6.61 Å². The Hall–Kier alpha value is -2.04. The van der Waals surface area contributed by atoms with Gasteiger partial charge in [-0.25, -0.2) is 0 Å². The molecule has 0 spiro atoms. The van der Waals surface area contributed by atoms with Crippen molar-refractivity contribution in [3.63, 3.8) is 0 Å². The summed E-state index contributed by atoms with van der Waals surface area (Å²) in [6.07, 6.45) is 3.72. The van der Waals surface area contributed by atoms with E-state index in [9.17, 15) is 4.79 Å². The van der Waals surface area contributed by atoms with Crippen LogP contribution in [-0.4, -0.2) is 35.6 Å². The minimum Gasteiger partial charge on any atom is -0.375 e. The van der Waals surface area contributed by atoms with E-state index in [1.165, 1.54) is 7.11 Å². The summed E-state index contributed by atoms with van der Waals surface area (Å²) in [6, 6.07) is 11.8. The summed E-state index contributed by atoms with van der Waals surface area (Å²) in [7, 11) is 1.52. The summed E-state index contributed by atoms with van der Waals surface area (Å²) >= 11 is 6.04. The van der Waals surface area contributed by atoms with E-state index in [0.29, 0.717) is 19.6 Å². The molecule has 0 fully saturated rings. The Labute approximate surface area is 141 Å². The number of methoxy groups -OCH3 is 1. The van der Waals surface area contributed by atoms with Crippen LogP contribution in [0.4, 0.5) is 0 Å². The number of carbonyl (C=O) groups is 1. The first-order valence-electron chi connectivity index (χ1n) is 7.40. The molecule has 1 aromatic heterocycles. The highest BCUT2D eigenvalue weighted by Crippen LogP contribution is 2.14. The normalized spacial score (nSPS) is 10.5. The number of aromatic nitrogens is 1. The monoisotopic (exact) mass is 332 g/mol. The van der Waals surface area contributed by atoms with Gasteiger partial charge >= 0.3 is 0 Å². The Morgan fingerprint density at radius 2 is 2.22 bits per heavy atom. The molecule has 1 aromatic carbocycles. The molecule has 23 heavy (non-hydrogen) atoms. The Morgan fingerprint density at radius 3 is 2.91 bits per heavy atom. The van der Waals surface area contributed by atoms with Crippen molar-refractivity contribution in [2.24, 2.45) is 0 Å². The van der Waals surface area contributed by atoms with Crippen LogP contribution in [0.2, 0.25) is 5.02 Å². The van der Waals surface area contributed by atoms with Crippen molar-refractivity contribution in [2.45, 2.75) is 13.1 Å². The summed E-state index contributed by atoms with van der Waals surface area (Å²) in [6.45, 7) is 5.51. The Morgan fingerprint density at radius 1 is 1.39 bits per heavy atom. The number of rotatable bonds is 8. The zero-order chi connectivity index (χ0) is 16.7. The molecule has 0 bridgehead atoms. The molecule has 0 aliphatic carbocycles. The molecule has 0 aliphatic rings. The molecule has 1 heterocycles. The van der Waals surface area contributed by atoms with Gasteiger partial charge in [-0.1, -0.05) is 29.8 Å². The molecule has 5 heteroatoms. The fourth-order valence-corrected chi connectivity index (χ4v) is 2.61. The fraction of sp³-hybridized carbons (Fsp3) is 0.278. The predicted molar refractivity (Wildman–Crippen MR) is 92.5 cm³/mol. The van der Waals surface area contributed by atoms with Gasteiger partial charge < -0.3 is 14.2 Å². The number of hydrogen-bond acceptors (Lipinski definition) is 2. The number of hydrogen-bond donors (Lipinski definition) is 0. The maximum atomic E-state index is 12.1. The first-order valence-corrected chi connectivity index (χ1v) is 7.78. The first-order chi connectivity index (χ1) is 11.1. The molecule has 0 aliphatic heterocycles. The van der Waals surface area contributed by atoms with Gasteiger partial charge in [0.25, 0.3) is 0 Å². The van der Waals surface area contributed by atoms with E-state index in [0.717, 1.165) is 16.3 Å². The maximum Gasteiger partial charge on any atom is 0.249 e. The molecular weight excluding hydrogens is 312 g/mol. The van der Waals surface area contributed by atoms with Crippen LogP contribution in [0.1, 0.15) is 11.3 Å². The maximum absolute atomic E-state index is 12.1. The SMILES string of the molecule is C=CCN(Cc1cccn1Cc1cccc(Cl)c1)C(=O)COC. The highest BCUT2D eigenvalue weighted by molar-refractivity contribution is 6.30. The van der Waals surface area contributed by atoms with E-state index < -0.39 is 0 Å². The van der Waals surface area contributed by atoms with Crippen LogP contribution in [0.25, 0.3) is 0 Å². The van der Waals surface area contributed by atoms with Crippen molar-refractivity contribution in [3.05, 3.63) is 71.5 Å².